The lowest BCUT2D eigenvalue weighted by Crippen LogP contribution is -2.41. The maximum atomic E-state index is 11.8. The van der Waals surface area contributed by atoms with Crippen molar-refractivity contribution in [1.82, 2.24) is 5.32 Å². The summed E-state index contributed by atoms with van der Waals surface area (Å²) in [5.74, 6) is -1.74. The molecule has 0 radical (unpaired) electrons. The van der Waals surface area contributed by atoms with Crippen LogP contribution in [0.25, 0.3) is 0 Å². The van der Waals surface area contributed by atoms with Gasteiger partial charge in [0.2, 0.25) is 0 Å². The van der Waals surface area contributed by atoms with Crippen molar-refractivity contribution in [1.29, 1.82) is 0 Å². The molecule has 1 atom stereocenters. The van der Waals surface area contributed by atoms with Crippen LogP contribution in [0.1, 0.15) is 18.4 Å². The zero-order chi connectivity index (χ0) is 19.6. The number of esters is 1. The van der Waals surface area contributed by atoms with E-state index in [2.05, 4.69) is 25.0 Å². The van der Waals surface area contributed by atoms with Gasteiger partial charge in [-0.25, -0.2) is 9.59 Å². The van der Waals surface area contributed by atoms with Crippen molar-refractivity contribution in [2.45, 2.75) is 51.2 Å². The minimum absolute atomic E-state index is 0.0634. The van der Waals surface area contributed by atoms with E-state index in [4.69, 9.17) is 9.47 Å². The van der Waals surface area contributed by atoms with Gasteiger partial charge >= 0.3 is 18.0 Å². The summed E-state index contributed by atoms with van der Waals surface area (Å²) >= 11 is 0. The number of carbonyl (C=O) groups is 3. The van der Waals surface area contributed by atoms with E-state index in [1.807, 2.05) is 30.3 Å². The molecule has 7 nitrogen and oxygen atoms in total. The molecule has 0 unspecified atom stereocenters. The zero-order valence-electron chi connectivity index (χ0n) is 15.5. The SMILES string of the molecule is C[Si](C)(C)CCOC(=O)N[C@H](CCC(=O)OCc1ccccc1)C(=O)O. The topological polar surface area (TPSA) is 102 Å². The Morgan fingerprint density at radius 1 is 1.12 bits per heavy atom. The highest BCUT2D eigenvalue weighted by atomic mass is 28.3. The Bertz CT molecular complexity index is 599. The van der Waals surface area contributed by atoms with Crippen LogP contribution in [0.5, 0.6) is 0 Å². The molecule has 1 rings (SSSR count). The lowest BCUT2D eigenvalue weighted by atomic mass is 10.1. The second-order valence-electron chi connectivity index (χ2n) is 7.17. The molecule has 0 aliphatic rings. The Balaban J connectivity index is 2.34. The third-order valence-corrected chi connectivity index (χ3v) is 5.26. The number of rotatable bonds is 10. The fourth-order valence-electron chi connectivity index (χ4n) is 1.96. The monoisotopic (exact) mass is 381 g/mol. The van der Waals surface area contributed by atoms with Crippen molar-refractivity contribution in [3.63, 3.8) is 0 Å². The summed E-state index contributed by atoms with van der Waals surface area (Å²) in [6.45, 7) is 6.83. The maximum Gasteiger partial charge on any atom is 0.407 e. The van der Waals surface area contributed by atoms with Gasteiger partial charge in [-0.3, -0.25) is 4.79 Å². The number of carbonyl (C=O) groups excluding carboxylic acids is 2. The van der Waals surface area contributed by atoms with Crippen molar-refractivity contribution in [3.8, 4) is 0 Å². The molecule has 8 heteroatoms. The number of nitrogens with one attached hydrogen (secondary N) is 1. The van der Waals surface area contributed by atoms with E-state index in [9.17, 15) is 19.5 Å². The minimum Gasteiger partial charge on any atom is -0.480 e. The first-order valence-electron chi connectivity index (χ1n) is 8.53. The molecule has 26 heavy (non-hydrogen) atoms. The highest BCUT2D eigenvalue weighted by molar-refractivity contribution is 6.76. The average Bonchev–Trinajstić information content (AvgIpc) is 2.56. The molecule has 144 valence electrons. The number of benzene rings is 1. The van der Waals surface area contributed by atoms with Gasteiger partial charge < -0.3 is 19.9 Å². The van der Waals surface area contributed by atoms with Crippen LogP contribution < -0.4 is 5.32 Å². The number of ether oxygens (including phenoxy) is 2. The van der Waals surface area contributed by atoms with Crippen LogP contribution in [-0.2, 0) is 25.7 Å². The standard InChI is InChI=1S/C18H27NO6Si/c1-26(2,3)12-11-24-18(23)19-15(17(21)22)9-10-16(20)25-13-14-7-5-4-6-8-14/h4-8,15H,9-13H2,1-3H3,(H,19,23)(H,21,22)/t15-/m1/s1. The number of aliphatic carboxylic acids is 1. The normalized spacial score (nSPS) is 12.1. The zero-order valence-corrected chi connectivity index (χ0v) is 16.5. The van der Waals surface area contributed by atoms with Crippen molar-refractivity contribution < 1.29 is 29.0 Å². The molecule has 1 amide bonds. The lowest BCUT2D eigenvalue weighted by molar-refractivity contribution is -0.145. The summed E-state index contributed by atoms with van der Waals surface area (Å²) < 4.78 is 10.1. The molecule has 0 bridgehead atoms. The molecule has 0 aliphatic heterocycles. The van der Waals surface area contributed by atoms with Gasteiger partial charge in [0.1, 0.15) is 12.6 Å². The predicted molar refractivity (Wildman–Crippen MR) is 99.5 cm³/mol. The van der Waals surface area contributed by atoms with Crippen LogP contribution in [0.15, 0.2) is 30.3 Å². The Morgan fingerprint density at radius 2 is 1.77 bits per heavy atom. The fourth-order valence-corrected chi connectivity index (χ4v) is 2.68. The number of hydrogen-bond acceptors (Lipinski definition) is 5. The minimum atomic E-state index is -1.34. The van der Waals surface area contributed by atoms with Gasteiger partial charge in [0.05, 0.1) is 6.61 Å². The lowest BCUT2D eigenvalue weighted by Gasteiger charge is -2.17. The van der Waals surface area contributed by atoms with E-state index in [-0.39, 0.29) is 26.1 Å². The summed E-state index contributed by atoms with van der Waals surface area (Å²) in [7, 11) is -1.34. The maximum absolute atomic E-state index is 11.8. The smallest absolute Gasteiger partial charge is 0.407 e. The molecule has 0 aliphatic carbocycles. The number of alkyl carbamates (subject to hydrolysis) is 1. The number of hydrogen-bond donors (Lipinski definition) is 2. The fraction of sp³-hybridized carbons (Fsp3) is 0.500. The highest BCUT2D eigenvalue weighted by Gasteiger charge is 2.22. The van der Waals surface area contributed by atoms with Crippen molar-refractivity contribution >= 4 is 26.1 Å². The summed E-state index contributed by atoms with van der Waals surface area (Å²) in [5, 5.41) is 11.5. The van der Waals surface area contributed by atoms with Gasteiger partial charge in [0.15, 0.2) is 0 Å². The number of carboxylic acids is 1. The molecule has 0 saturated carbocycles. The second-order valence-corrected chi connectivity index (χ2v) is 12.8. The van der Waals surface area contributed by atoms with Gasteiger partial charge in [0.25, 0.3) is 0 Å². The van der Waals surface area contributed by atoms with E-state index < -0.39 is 32.1 Å². The quantitative estimate of drug-likeness (QED) is 0.477. The molecule has 0 fully saturated rings. The van der Waals surface area contributed by atoms with Gasteiger partial charge in [-0.2, -0.15) is 0 Å². The molecule has 0 spiro atoms. The van der Waals surface area contributed by atoms with Gasteiger partial charge in [0, 0.05) is 14.5 Å². The Morgan fingerprint density at radius 3 is 2.35 bits per heavy atom. The summed E-state index contributed by atoms with van der Waals surface area (Å²) in [4.78, 5) is 34.7. The molecule has 1 aromatic rings. The molecule has 0 saturated heterocycles. The number of amides is 1. The van der Waals surface area contributed by atoms with Crippen molar-refractivity contribution in [2.75, 3.05) is 6.61 Å². The molecule has 0 aromatic heterocycles. The van der Waals surface area contributed by atoms with E-state index in [0.717, 1.165) is 11.6 Å². The van der Waals surface area contributed by atoms with Gasteiger partial charge in [-0.1, -0.05) is 50.0 Å². The Kier molecular flexibility index (Phi) is 8.84. The third kappa shape index (κ3) is 9.82. The molecular weight excluding hydrogens is 354 g/mol. The van der Waals surface area contributed by atoms with Crippen LogP contribution in [0.4, 0.5) is 4.79 Å². The summed E-state index contributed by atoms with van der Waals surface area (Å²) in [6, 6.07) is 8.78. The van der Waals surface area contributed by atoms with Crippen LogP contribution in [-0.4, -0.2) is 43.9 Å². The summed E-state index contributed by atoms with van der Waals surface area (Å²) in [5.41, 5.74) is 0.847. The Labute approximate surface area is 154 Å². The van der Waals surface area contributed by atoms with Crippen LogP contribution >= 0.6 is 0 Å². The molecular formula is C18H27NO6Si. The summed E-state index contributed by atoms with van der Waals surface area (Å²) in [6.07, 6.45) is -0.960. The number of carboxylic acid groups (broad SMARTS) is 1. The van der Waals surface area contributed by atoms with E-state index >= 15 is 0 Å². The highest BCUT2D eigenvalue weighted by Crippen LogP contribution is 2.08. The first-order valence-corrected chi connectivity index (χ1v) is 12.2. The molecule has 2 N–H and O–H groups in total. The van der Waals surface area contributed by atoms with E-state index in [0.29, 0.717) is 0 Å². The van der Waals surface area contributed by atoms with Crippen molar-refractivity contribution in [2.24, 2.45) is 0 Å². The molecule has 0 heterocycles. The van der Waals surface area contributed by atoms with Crippen molar-refractivity contribution in [3.05, 3.63) is 35.9 Å². The first-order chi connectivity index (χ1) is 12.2. The molecule has 1 aromatic carbocycles. The predicted octanol–water partition coefficient (Wildman–Crippen LogP) is 3.03. The van der Waals surface area contributed by atoms with Crippen LogP contribution in [0.3, 0.4) is 0 Å². The van der Waals surface area contributed by atoms with Gasteiger partial charge in [-0.05, 0) is 18.0 Å². The van der Waals surface area contributed by atoms with E-state index in [1.165, 1.54) is 0 Å². The third-order valence-electron chi connectivity index (χ3n) is 3.56. The van der Waals surface area contributed by atoms with E-state index in [1.54, 1.807) is 0 Å². The van der Waals surface area contributed by atoms with Crippen LogP contribution in [0, 0.1) is 0 Å². The van der Waals surface area contributed by atoms with Crippen LogP contribution in [0.2, 0.25) is 25.7 Å². The largest absolute Gasteiger partial charge is 0.480 e. The van der Waals surface area contributed by atoms with Gasteiger partial charge in [-0.15, -0.1) is 0 Å². The first kappa shape index (κ1) is 21.7. The second kappa shape index (κ2) is 10.6. The average molecular weight is 382 g/mol. The Hall–Kier alpha value is -2.35.